The van der Waals surface area contributed by atoms with Crippen molar-refractivity contribution in [3.05, 3.63) is 34.6 Å². The first-order chi connectivity index (χ1) is 9.58. The summed E-state index contributed by atoms with van der Waals surface area (Å²) >= 11 is 3.37. The number of hydrogen-bond donors (Lipinski definition) is 1. The largest absolute Gasteiger partial charge is 0.496 e. The van der Waals surface area contributed by atoms with E-state index in [1.807, 2.05) is 12.1 Å². The molecule has 0 bridgehead atoms. The van der Waals surface area contributed by atoms with Crippen LogP contribution in [0.3, 0.4) is 0 Å². The molecular weight excluding hydrogens is 328 g/mol. The second-order valence-corrected chi connectivity index (χ2v) is 4.78. The van der Waals surface area contributed by atoms with Crippen LogP contribution in [0.5, 0.6) is 5.75 Å². The highest BCUT2D eigenvalue weighted by atomic mass is 79.9. The standard InChI is InChI=1S/C12H13BrN4O3/c1-19-10-3-2-8(4-9(10)13)6-20-11(18)5-17-7-15-12(14)16-17/h2-4,7H,5-6H2,1H3,(H2,14,16). The Morgan fingerprint density at radius 3 is 2.90 bits per heavy atom. The van der Waals surface area contributed by atoms with Crippen LogP contribution in [0.2, 0.25) is 0 Å². The molecule has 1 aromatic carbocycles. The van der Waals surface area contributed by atoms with E-state index >= 15 is 0 Å². The summed E-state index contributed by atoms with van der Waals surface area (Å²) in [5, 5.41) is 3.80. The highest BCUT2D eigenvalue weighted by Crippen LogP contribution is 2.25. The number of hydrogen-bond acceptors (Lipinski definition) is 6. The highest BCUT2D eigenvalue weighted by Gasteiger charge is 2.07. The van der Waals surface area contributed by atoms with Gasteiger partial charge in [0.05, 0.1) is 11.6 Å². The number of benzene rings is 1. The third kappa shape index (κ3) is 3.70. The normalized spacial score (nSPS) is 10.3. The monoisotopic (exact) mass is 340 g/mol. The van der Waals surface area contributed by atoms with E-state index in [1.54, 1.807) is 13.2 Å². The maximum absolute atomic E-state index is 11.6. The van der Waals surface area contributed by atoms with Crippen molar-refractivity contribution in [3.8, 4) is 5.75 Å². The molecule has 0 spiro atoms. The summed E-state index contributed by atoms with van der Waals surface area (Å²) in [5.74, 6) is 0.428. The van der Waals surface area contributed by atoms with Crippen molar-refractivity contribution >= 4 is 27.8 Å². The average molecular weight is 341 g/mol. The zero-order valence-corrected chi connectivity index (χ0v) is 12.3. The topological polar surface area (TPSA) is 92.3 Å². The lowest BCUT2D eigenvalue weighted by atomic mass is 10.2. The zero-order chi connectivity index (χ0) is 14.5. The molecule has 8 heteroatoms. The van der Waals surface area contributed by atoms with Gasteiger partial charge in [0.25, 0.3) is 0 Å². The molecule has 2 N–H and O–H groups in total. The highest BCUT2D eigenvalue weighted by molar-refractivity contribution is 9.10. The minimum absolute atomic E-state index is 0.0263. The van der Waals surface area contributed by atoms with Crippen LogP contribution >= 0.6 is 15.9 Å². The van der Waals surface area contributed by atoms with E-state index in [0.29, 0.717) is 0 Å². The Kier molecular flexibility index (Phi) is 4.57. The Morgan fingerprint density at radius 2 is 2.30 bits per heavy atom. The predicted molar refractivity (Wildman–Crippen MR) is 74.9 cm³/mol. The lowest BCUT2D eigenvalue weighted by molar-refractivity contribution is -0.145. The molecule has 0 atom stereocenters. The number of esters is 1. The minimum atomic E-state index is -0.415. The molecule has 0 unspecified atom stereocenters. The Hall–Kier alpha value is -2.09. The van der Waals surface area contributed by atoms with Crippen molar-refractivity contribution in [2.75, 3.05) is 12.8 Å². The molecule has 1 aromatic heterocycles. The number of methoxy groups -OCH3 is 1. The van der Waals surface area contributed by atoms with Crippen LogP contribution in [0.1, 0.15) is 5.56 Å². The van der Waals surface area contributed by atoms with Gasteiger partial charge in [-0.05, 0) is 33.6 Å². The van der Waals surface area contributed by atoms with Gasteiger partial charge in [-0.1, -0.05) is 6.07 Å². The first-order valence-corrected chi connectivity index (χ1v) is 6.50. The summed E-state index contributed by atoms with van der Waals surface area (Å²) in [4.78, 5) is 15.3. The van der Waals surface area contributed by atoms with E-state index in [2.05, 4.69) is 26.0 Å². The molecule has 0 aliphatic heterocycles. The van der Waals surface area contributed by atoms with Crippen molar-refractivity contribution in [1.29, 1.82) is 0 Å². The molecule has 0 fully saturated rings. The second-order valence-electron chi connectivity index (χ2n) is 3.93. The Balaban J connectivity index is 1.88. The number of ether oxygens (including phenoxy) is 2. The van der Waals surface area contributed by atoms with Gasteiger partial charge in [0.15, 0.2) is 0 Å². The number of rotatable bonds is 5. The average Bonchev–Trinajstić information content (AvgIpc) is 2.82. The lowest BCUT2D eigenvalue weighted by Crippen LogP contribution is -2.14. The maximum Gasteiger partial charge on any atom is 0.328 e. The number of aromatic nitrogens is 3. The predicted octanol–water partition coefficient (Wildman–Crippen LogP) is 1.37. The molecule has 1 heterocycles. The number of carbonyl (C=O) groups is 1. The van der Waals surface area contributed by atoms with Crippen molar-refractivity contribution in [3.63, 3.8) is 0 Å². The van der Waals surface area contributed by atoms with E-state index in [9.17, 15) is 4.79 Å². The van der Waals surface area contributed by atoms with E-state index in [4.69, 9.17) is 15.2 Å². The number of carbonyl (C=O) groups excluding carboxylic acids is 1. The van der Waals surface area contributed by atoms with E-state index in [0.717, 1.165) is 15.8 Å². The van der Waals surface area contributed by atoms with Crippen molar-refractivity contribution in [2.24, 2.45) is 0 Å². The van der Waals surface area contributed by atoms with E-state index in [-0.39, 0.29) is 19.1 Å². The van der Waals surface area contributed by atoms with Gasteiger partial charge >= 0.3 is 5.97 Å². The minimum Gasteiger partial charge on any atom is -0.496 e. The van der Waals surface area contributed by atoms with Crippen LogP contribution in [-0.2, 0) is 22.7 Å². The number of halogens is 1. The van der Waals surface area contributed by atoms with Crippen LogP contribution < -0.4 is 10.5 Å². The molecule has 0 saturated carbocycles. The molecule has 2 aromatic rings. The number of nitrogens with zero attached hydrogens (tertiary/aromatic N) is 3. The summed E-state index contributed by atoms with van der Waals surface area (Å²) in [6.45, 7) is 0.146. The zero-order valence-electron chi connectivity index (χ0n) is 10.7. The molecule has 7 nitrogen and oxygen atoms in total. The SMILES string of the molecule is COc1ccc(COC(=O)Cn2cnc(N)n2)cc1Br. The Bertz CT molecular complexity index is 614. The van der Waals surface area contributed by atoms with Gasteiger partial charge in [0, 0.05) is 0 Å². The van der Waals surface area contributed by atoms with Gasteiger partial charge < -0.3 is 15.2 Å². The summed E-state index contributed by atoms with van der Waals surface area (Å²) in [5.41, 5.74) is 6.20. The third-order valence-corrected chi connectivity index (χ3v) is 3.08. The molecule has 20 heavy (non-hydrogen) atoms. The van der Waals surface area contributed by atoms with Gasteiger partial charge in [0.2, 0.25) is 5.95 Å². The van der Waals surface area contributed by atoms with Gasteiger partial charge in [-0.2, -0.15) is 0 Å². The molecule has 0 radical (unpaired) electrons. The third-order valence-electron chi connectivity index (χ3n) is 2.46. The first-order valence-electron chi connectivity index (χ1n) is 5.71. The van der Waals surface area contributed by atoms with Crippen LogP contribution in [0, 0.1) is 0 Å². The molecule has 0 aliphatic carbocycles. The lowest BCUT2D eigenvalue weighted by Gasteiger charge is -2.07. The van der Waals surface area contributed by atoms with E-state index < -0.39 is 5.97 Å². The van der Waals surface area contributed by atoms with Crippen LogP contribution in [0.25, 0.3) is 0 Å². The fourth-order valence-electron chi connectivity index (χ4n) is 1.53. The maximum atomic E-state index is 11.6. The summed E-state index contributed by atoms with van der Waals surface area (Å²) in [7, 11) is 1.59. The fourth-order valence-corrected chi connectivity index (χ4v) is 2.11. The van der Waals surface area contributed by atoms with Crippen molar-refractivity contribution < 1.29 is 14.3 Å². The Labute approximate surface area is 123 Å². The molecule has 0 aliphatic rings. The molecule has 0 amide bonds. The summed E-state index contributed by atoms with van der Waals surface area (Å²) in [6, 6.07) is 5.45. The Morgan fingerprint density at radius 1 is 1.50 bits per heavy atom. The second kappa shape index (κ2) is 6.38. The molecule has 2 rings (SSSR count). The van der Waals surface area contributed by atoms with Crippen molar-refractivity contribution in [1.82, 2.24) is 14.8 Å². The van der Waals surface area contributed by atoms with Crippen LogP contribution in [-0.4, -0.2) is 27.8 Å². The number of nitrogen functional groups attached to an aromatic ring is 1. The van der Waals surface area contributed by atoms with Crippen molar-refractivity contribution in [2.45, 2.75) is 13.2 Å². The van der Waals surface area contributed by atoms with Crippen LogP contribution in [0.4, 0.5) is 5.95 Å². The summed E-state index contributed by atoms with van der Waals surface area (Å²) in [6.07, 6.45) is 1.38. The molecule has 0 saturated heterocycles. The number of anilines is 1. The summed E-state index contributed by atoms with van der Waals surface area (Å²) < 4.78 is 12.4. The van der Waals surface area contributed by atoms with Crippen LogP contribution in [0.15, 0.2) is 29.0 Å². The first kappa shape index (κ1) is 14.3. The fraction of sp³-hybridized carbons (Fsp3) is 0.250. The number of nitrogens with two attached hydrogens (primary N) is 1. The van der Waals surface area contributed by atoms with Gasteiger partial charge in [0.1, 0.15) is 25.2 Å². The van der Waals surface area contributed by atoms with Gasteiger partial charge in [-0.3, -0.25) is 4.79 Å². The molecular formula is C12H13BrN4O3. The quantitative estimate of drug-likeness (QED) is 0.826. The smallest absolute Gasteiger partial charge is 0.328 e. The molecule has 106 valence electrons. The van der Waals surface area contributed by atoms with Gasteiger partial charge in [-0.15, -0.1) is 5.10 Å². The van der Waals surface area contributed by atoms with E-state index in [1.165, 1.54) is 11.0 Å². The van der Waals surface area contributed by atoms with Gasteiger partial charge in [-0.25, -0.2) is 9.67 Å².